The van der Waals surface area contributed by atoms with E-state index < -0.39 is 10.0 Å². The quantitative estimate of drug-likeness (QED) is 0.672. The van der Waals surface area contributed by atoms with Crippen LogP contribution in [0.1, 0.15) is 48.9 Å². The third-order valence-corrected chi connectivity index (χ3v) is 7.05. The van der Waals surface area contributed by atoms with Crippen molar-refractivity contribution < 1.29 is 17.9 Å². The minimum Gasteiger partial charge on any atom is -0.493 e. The van der Waals surface area contributed by atoms with Gasteiger partial charge in [0.15, 0.2) is 0 Å². The van der Waals surface area contributed by atoms with Gasteiger partial charge >= 0.3 is 0 Å². The highest BCUT2D eigenvalue weighted by Crippen LogP contribution is 2.29. The fraction of sp³-hybridized carbons (Fsp3) is 0.417. The molecule has 0 radical (unpaired) electrons. The highest BCUT2D eigenvalue weighted by molar-refractivity contribution is 7.90. The molecule has 0 spiro atoms. The second-order valence-electron chi connectivity index (χ2n) is 8.48. The van der Waals surface area contributed by atoms with Crippen LogP contribution in [0.15, 0.2) is 57.8 Å². The predicted octanol–water partition coefficient (Wildman–Crippen LogP) is 4.32. The maximum atomic E-state index is 12.9. The molecule has 2 aromatic carbocycles. The van der Waals surface area contributed by atoms with Crippen molar-refractivity contribution in [2.75, 3.05) is 25.5 Å². The van der Waals surface area contributed by atoms with Crippen molar-refractivity contribution in [3.63, 3.8) is 0 Å². The molecule has 0 atom stereocenters. The van der Waals surface area contributed by atoms with Crippen molar-refractivity contribution in [1.82, 2.24) is 4.90 Å². The topological polar surface area (TPSA) is 88.1 Å². The molecule has 1 saturated carbocycles. The summed E-state index contributed by atoms with van der Waals surface area (Å²) < 4.78 is 35.5. The Hall–Kier alpha value is -2.87. The summed E-state index contributed by atoms with van der Waals surface area (Å²) >= 11 is 0. The second-order valence-corrected chi connectivity index (χ2v) is 10.1. The van der Waals surface area contributed by atoms with Crippen LogP contribution in [0.2, 0.25) is 0 Å². The van der Waals surface area contributed by atoms with E-state index in [0.717, 1.165) is 31.6 Å². The molecule has 1 aliphatic carbocycles. The van der Waals surface area contributed by atoms with Gasteiger partial charge in [-0.25, -0.2) is 0 Å². The van der Waals surface area contributed by atoms with Crippen molar-refractivity contribution in [2.45, 2.75) is 43.4 Å². The first-order valence-corrected chi connectivity index (χ1v) is 12.5. The van der Waals surface area contributed by atoms with Crippen molar-refractivity contribution in [3.8, 4) is 5.75 Å². The van der Waals surface area contributed by atoms with Crippen LogP contribution < -0.4 is 10.1 Å². The summed E-state index contributed by atoms with van der Waals surface area (Å²) in [5, 5.41) is 2.77. The molecule has 2 fully saturated rings. The number of hydrogen-bond donors (Lipinski definition) is 1. The molecule has 170 valence electrons. The number of ether oxygens (including phenoxy) is 1. The van der Waals surface area contributed by atoms with Crippen LogP contribution in [0.4, 0.5) is 5.69 Å². The average molecular weight is 456 g/mol. The summed E-state index contributed by atoms with van der Waals surface area (Å²) in [4.78, 5) is 14.6. The fourth-order valence-electron chi connectivity index (χ4n) is 3.57. The summed E-state index contributed by atoms with van der Waals surface area (Å²) in [5.41, 5.74) is 0.872. The molecular formula is C24H29N3O4S. The fourth-order valence-corrected chi connectivity index (χ4v) is 4.71. The number of benzene rings is 2. The van der Waals surface area contributed by atoms with E-state index in [1.165, 1.54) is 25.0 Å². The molecule has 4 rings (SSSR count). The Kier molecular flexibility index (Phi) is 6.79. The van der Waals surface area contributed by atoms with E-state index in [2.05, 4.69) is 9.71 Å². The van der Waals surface area contributed by atoms with Crippen molar-refractivity contribution in [1.29, 1.82) is 0 Å². The molecule has 0 bridgehead atoms. The molecule has 2 aromatic rings. The third kappa shape index (κ3) is 5.88. The molecule has 0 aromatic heterocycles. The van der Waals surface area contributed by atoms with Gasteiger partial charge in [-0.1, -0.05) is 12.5 Å². The minimum absolute atomic E-state index is 0.0595. The number of anilines is 1. The maximum Gasteiger partial charge on any atom is 0.284 e. The third-order valence-electron chi connectivity index (χ3n) is 5.75. The van der Waals surface area contributed by atoms with Crippen LogP contribution >= 0.6 is 0 Å². The van der Waals surface area contributed by atoms with Crippen molar-refractivity contribution in [2.24, 2.45) is 10.3 Å². The lowest BCUT2D eigenvalue weighted by molar-refractivity contribution is 0.102. The molecular weight excluding hydrogens is 426 g/mol. The number of amidine groups is 1. The number of hydrogen-bond acceptors (Lipinski definition) is 4. The number of amides is 1. The van der Waals surface area contributed by atoms with Gasteiger partial charge in [-0.05, 0) is 74.1 Å². The number of sulfonamides is 1. The zero-order valence-electron chi connectivity index (χ0n) is 18.3. The van der Waals surface area contributed by atoms with Gasteiger partial charge in [0.05, 0.1) is 11.5 Å². The van der Waals surface area contributed by atoms with E-state index >= 15 is 0 Å². The van der Waals surface area contributed by atoms with Gasteiger partial charge in [-0.2, -0.15) is 8.42 Å². The van der Waals surface area contributed by atoms with Gasteiger partial charge in [0.25, 0.3) is 15.9 Å². The van der Waals surface area contributed by atoms with Crippen LogP contribution in [-0.4, -0.2) is 45.3 Å². The SMILES string of the molecule is CN1CCCCC/C1=N\S(=O)(=O)c1cccc(NC(=O)c2ccc(OCC3CC3)cc2)c1. The Morgan fingerprint density at radius 2 is 1.91 bits per heavy atom. The van der Waals surface area contributed by atoms with Gasteiger partial charge < -0.3 is 15.0 Å². The van der Waals surface area contributed by atoms with Crippen LogP contribution in [0.3, 0.4) is 0 Å². The molecule has 1 heterocycles. The smallest absolute Gasteiger partial charge is 0.284 e. The lowest BCUT2D eigenvalue weighted by Gasteiger charge is -2.17. The van der Waals surface area contributed by atoms with E-state index in [1.807, 2.05) is 11.9 Å². The van der Waals surface area contributed by atoms with Crippen LogP contribution in [0, 0.1) is 5.92 Å². The summed E-state index contributed by atoms with van der Waals surface area (Å²) in [7, 11) is -1.99. The van der Waals surface area contributed by atoms with Gasteiger partial charge in [0.2, 0.25) is 0 Å². The highest BCUT2D eigenvalue weighted by Gasteiger charge is 2.22. The molecule has 8 heteroatoms. The number of carbonyl (C=O) groups excluding carboxylic acids is 1. The molecule has 1 aliphatic heterocycles. The zero-order valence-corrected chi connectivity index (χ0v) is 19.1. The Morgan fingerprint density at radius 1 is 1.12 bits per heavy atom. The summed E-state index contributed by atoms with van der Waals surface area (Å²) in [6.07, 6.45) is 6.12. The predicted molar refractivity (Wildman–Crippen MR) is 125 cm³/mol. The van der Waals surface area contributed by atoms with Crippen LogP contribution in [0.5, 0.6) is 5.75 Å². The molecule has 0 unspecified atom stereocenters. The molecule has 1 amide bonds. The summed E-state index contributed by atoms with van der Waals surface area (Å²) in [5.74, 6) is 1.67. The Labute approximate surface area is 189 Å². The monoisotopic (exact) mass is 455 g/mol. The first-order valence-electron chi connectivity index (χ1n) is 11.1. The summed E-state index contributed by atoms with van der Waals surface area (Å²) in [6, 6.07) is 13.2. The van der Waals surface area contributed by atoms with E-state index in [1.54, 1.807) is 36.4 Å². The lowest BCUT2D eigenvalue weighted by Crippen LogP contribution is -2.26. The number of nitrogens with zero attached hydrogens (tertiary/aromatic N) is 2. The van der Waals surface area contributed by atoms with Crippen LogP contribution in [-0.2, 0) is 10.0 Å². The molecule has 32 heavy (non-hydrogen) atoms. The molecule has 1 N–H and O–H groups in total. The molecule has 7 nitrogen and oxygen atoms in total. The van der Waals surface area contributed by atoms with Crippen LogP contribution in [0.25, 0.3) is 0 Å². The largest absolute Gasteiger partial charge is 0.493 e. The first-order chi connectivity index (χ1) is 15.4. The van der Waals surface area contributed by atoms with E-state index in [4.69, 9.17) is 4.74 Å². The maximum absolute atomic E-state index is 12.9. The average Bonchev–Trinajstić information content (AvgIpc) is 3.62. The second kappa shape index (κ2) is 9.73. The Bertz CT molecular complexity index is 1090. The van der Waals surface area contributed by atoms with Gasteiger partial charge in [0.1, 0.15) is 11.6 Å². The minimum atomic E-state index is -3.87. The lowest BCUT2D eigenvalue weighted by atomic mass is 10.2. The van der Waals surface area contributed by atoms with E-state index in [-0.39, 0.29) is 10.8 Å². The van der Waals surface area contributed by atoms with E-state index in [0.29, 0.717) is 36.0 Å². The Balaban J connectivity index is 1.44. The Morgan fingerprint density at radius 3 is 2.66 bits per heavy atom. The van der Waals surface area contributed by atoms with Crippen molar-refractivity contribution in [3.05, 3.63) is 54.1 Å². The first kappa shape index (κ1) is 22.3. The molecule has 1 saturated heterocycles. The summed E-state index contributed by atoms with van der Waals surface area (Å²) in [6.45, 7) is 1.52. The number of likely N-dealkylation sites (tertiary alicyclic amines) is 1. The van der Waals surface area contributed by atoms with E-state index in [9.17, 15) is 13.2 Å². The number of nitrogens with one attached hydrogen (secondary N) is 1. The molecule has 2 aliphatic rings. The van der Waals surface area contributed by atoms with Crippen molar-refractivity contribution >= 4 is 27.5 Å². The van der Waals surface area contributed by atoms with Gasteiger partial charge in [-0.3, -0.25) is 4.79 Å². The van der Waals surface area contributed by atoms with Gasteiger partial charge in [-0.15, -0.1) is 4.40 Å². The normalized spacial score (nSPS) is 18.3. The standard InChI is InChI=1S/C24H29N3O4S/c1-27-15-4-2-3-8-23(27)26-32(29,30)22-7-5-6-20(16-22)25-24(28)19-11-13-21(14-12-19)31-17-18-9-10-18/h5-7,11-14,16,18H,2-4,8-10,15,17H2,1H3,(H,25,28)/b26-23+. The number of carbonyl (C=O) groups is 1. The zero-order chi connectivity index (χ0) is 22.6. The number of rotatable bonds is 7. The van der Waals surface area contributed by atoms with Gasteiger partial charge in [0, 0.05) is 31.3 Å². The highest BCUT2D eigenvalue weighted by atomic mass is 32.2.